The van der Waals surface area contributed by atoms with Crippen molar-refractivity contribution in [1.82, 2.24) is 14.8 Å². The fourth-order valence-electron chi connectivity index (χ4n) is 5.10. The van der Waals surface area contributed by atoms with E-state index in [9.17, 15) is 4.79 Å². The summed E-state index contributed by atoms with van der Waals surface area (Å²) in [6, 6.07) is 6.49. The van der Waals surface area contributed by atoms with E-state index >= 15 is 4.39 Å². The highest BCUT2D eigenvalue weighted by Crippen LogP contribution is 2.48. The summed E-state index contributed by atoms with van der Waals surface area (Å²) in [4.78, 5) is 28.9. The number of carbonyl (C=O) groups excluding carboxylic acids is 1. The molecule has 0 bridgehead atoms. The number of amides is 1. The number of likely N-dealkylation sites (N-methyl/N-ethyl adjacent to an activating group) is 1. The van der Waals surface area contributed by atoms with E-state index in [-0.39, 0.29) is 22.5 Å². The molecule has 1 aromatic carbocycles. The molecule has 8 nitrogen and oxygen atoms in total. The summed E-state index contributed by atoms with van der Waals surface area (Å²) >= 11 is 5.74. The van der Waals surface area contributed by atoms with Crippen molar-refractivity contribution in [3.05, 3.63) is 53.3 Å². The fourth-order valence-corrected chi connectivity index (χ4v) is 5.56. The molecule has 3 heterocycles. The number of benzene rings is 1. The minimum Gasteiger partial charge on any atom is -0.492 e. The molecule has 188 valence electrons. The van der Waals surface area contributed by atoms with Gasteiger partial charge in [-0.3, -0.25) is 14.6 Å². The monoisotopic (exact) mass is 508 g/mol. The van der Waals surface area contributed by atoms with Crippen molar-refractivity contribution in [3.63, 3.8) is 0 Å². The van der Waals surface area contributed by atoms with Gasteiger partial charge in [0.25, 0.3) is 11.7 Å². The van der Waals surface area contributed by atoms with Gasteiger partial charge in [0.1, 0.15) is 24.1 Å². The molecule has 2 aliphatic heterocycles. The standard InChI is InChI=1S/C26H29FN6O2S/c1-18-15-19(17-29-23(18)28-2)32-24(34)26(7-4-8-26)33(25(32)36)22-6-5-20(16-21(22)27)35-14-13-31-11-9-30(3)10-12-31/h5-6,15-17H,4,7-14H2,1,3H3. The largest absolute Gasteiger partial charge is 0.492 e. The first-order valence-electron chi connectivity index (χ1n) is 12.2. The molecule has 0 radical (unpaired) electrons. The molecule has 1 amide bonds. The van der Waals surface area contributed by atoms with Crippen molar-refractivity contribution in [2.45, 2.75) is 31.7 Å². The molecule has 5 rings (SSSR count). The molecule has 1 spiro atoms. The molecule has 3 fully saturated rings. The van der Waals surface area contributed by atoms with Gasteiger partial charge in [0.15, 0.2) is 10.9 Å². The number of anilines is 2. The van der Waals surface area contributed by atoms with Crippen LogP contribution in [0.15, 0.2) is 30.5 Å². The van der Waals surface area contributed by atoms with Crippen molar-refractivity contribution in [2.75, 3.05) is 56.2 Å². The number of halogens is 1. The summed E-state index contributed by atoms with van der Waals surface area (Å²) in [5.74, 6) is 0.0760. The van der Waals surface area contributed by atoms with Gasteiger partial charge in [-0.05, 0) is 69.2 Å². The normalized spacial score (nSPS) is 20.1. The lowest BCUT2D eigenvalue weighted by Crippen LogP contribution is -2.55. The summed E-state index contributed by atoms with van der Waals surface area (Å²) in [6.07, 6.45) is 3.53. The van der Waals surface area contributed by atoms with Crippen molar-refractivity contribution < 1.29 is 13.9 Å². The maximum Gasteiger partial charge on any atom is 0.272 e. The predicted molar refractivity (Wildman–Crippen MR) is 140 cm³/mol. The molecule has 36 heavy (non-hydrogen) atoms. The summed E-state index contributed by atoms with van der Waals surface area (Å²) in [7, 11) is 2.12. The number of hydrogen-bond donors (Lipinski definition) is 0. The molecule has 1 saturated carbocycles. The van der Waals surface area contributed by atoms with Gasteiger partial charge in [0, 0.05) is 38.8 Å². The second kappa shape index (κ2) is 9.73. The second-order valence-electron chi connectivity index (χ2n) is 9.70. The molecule has 2 saturated heterocycles. The summed E-state index contributed by atoms with van der Waals surface area (Å²) < 4.78 is 21.3. The molecule has 0 unspecified atom stereocenters. The molecule has 3 aliphatic rings. The quantitative estimate of drug-likeness (QED) is 0.435. The van der Waals surface area contributed by atoms with Gasteiger partial charge in [-0.2, -0.15) is 0 Å². The number of aryl methyl sites for hydroxylation is 1. The number of piperazine rings is 1. The van der Waals surface area contributed by atoms with Gasteiger partial charge in [-0.25, -0.2) is 4.39 Å². The third-order valence-electron chi connectivity index (χ3n) is 7.42. The molecule has 0 N–H and O–H groups in total. The minimum absolute atomic E-state index is 0.178. The number of thiocarbonyl (C=S) groups is 1. The van der Waals surface area contributed by atoms with Crippen LogP contribution in [0.25, 0.3) is 4.85 Å². The van der Waals surface area contributed by atoms with E-state index in [1.165, 1.54) is 17.2 Å². The van der Waals surface area contributed by atoms with Gasteiger partial charge in [-0.15, -0.1) is 4.98 Å². The van der Waals surface area contributed by atoms with Crippen LogP contribution in [-0.4, -0.2) is 77.7 Å². The van der Waals surface area contributed by atoms with Crippen LogP contribution in [0, 0.1) is 19.3 Å². The van der Waals surface area contributed by atoms with E-state index in [0.717, 1.165) is 39.1 Å². The van der Waals surface area contributed by atoms with Gasteiger partial charge >= 0.3 is 0 Å². The fraction of sp³-hybridized carbons (Fsp3) is 0.462. The smallest absolute Gasteiger partial charge is 0.272 e. The summed E-state index contributed by atoms with van der Waals surface area (Å²) in [5, 5.41) is 0.221. The first-order chi connectivity index (χ1) is 17.3. The number of carbonyl (C=O) groups is 1. The van der Waals surface area contributed by atoms with Gasteiger partial charge in [-0.1, -0.05) is 6.57 Å². The summed E-state index contributed by atoms with van der Waals surface area (Å²) in [5.41, 5.74) is 0.523. The Morgan fingerprint density at radius 1 is 1.22 bits per heavy atom. The Morgan fingerprint density at radius 3 is 2.58 bits per heavy atom. The van der Waals surface area contributed by atoms with Crippen LogP contribution in [-0.2, 0) is 4.79 Å². The summed E-state index contributed by atoms with van der Waals surface area (Å²) in [6.45, 7) is 14.3. The van der Waals surface area contributed by atoms with E-state index in [2.05, 4.69) is 26.7 Å². The lowest BCUT2D eigenvalue weighted by atomic mass is 9.75. The molecule has 0 atom stereocenters. The van der Waals surface area contributed by atoms with Gasteiger partial charge in [0.2, 0.25) is 0 Å². The van der Waals surface area contributed by atoms with E-state index in [1.807, 2.05) is 0 Å². The SMILES string of the molecule is [C-]#[N+]c1ncc(N2C(=O)C3(CCC3)N(c3ccc(OCCN4CCN(C)CC4)cc3F)C2=S)cc1C. The lowest BCUT2D eigenvalue weighted by Gasteiger charge is -2.43. The third kappa shape index (κ3) is 4.21. The number of pyridine rings is 1. The molecule has 10 heteroatoms. The number of aromatic nitrogens is 1. The van der Waals surface area contributed by atoms with Crippen molar-refractivity contribution in [3.8, 4) is 5.75 Å². The van der Waals surface area contributed by atoms with Gasteiger partial charge < -0.3 is 19.4 Å². The highest BCUT2D eigenvalue weighted by Gasteiger charge is 2.60. The van der Waals surface area contributed by atoms with Crippen molar-refractivity contribution >= 4 is 40.4 Å². The Labute approximate surface area is 216 Å². The van der Waals surface area contributed by atoms with Crippen LogP contribution in [0.4, 0.5) is 21.6 Å². The predicted octanol–water partition coefficient (Wildman–Crippen LogP) is 3.77. The van der Waals surface area contributed by atoms with Crippen LogP contribution in [0.3, 0.4) is 0 Å². The Morgan fingerprint density at radius 2 is 1.97 bits per heavy atom. The Hall–Kier alpha value is -3.13. The van der Waals surface area contributed by atoms with E-state index in [4.69, 9.17) is 23.5 Å². The van der Waals surface area contributed by atoms with Crippen LogP contribution < -0.4 is 14.5 Å². The van der Waals surface area contributed by atoms with Crippen molar-refractivity contribution in [1.29, 1.82) is 0 Å². The Bertz CT molecular complexity index is 1240. The number of nitrogens with zero attached hydrogens (tertiary/aromatic N) is 6. The van der Waals surface area contributed by atoms with Crippen LogP contribution in [0.1, 0.15) is 24.8 Å². The molecular formula is C26H29FN6O2S. The van der Waals surface area contributed by atoms with E-state index < -0.39 is 11.4 Å². The highest BCUT2D eigenvalue weighted by molar-refractivity contribution is 7.81. The average Bonchev–Trinajstić information content (AvgIpc) is 3.07. The zero-order valence-corrected chi connectivity index (χ0v) is 21.4. The lowest BCUT2D eigenvalue weighted by molar-refractivity contribution is -0.123. The topological polar surface area (TPSA) is 56.5 Å². The minimum atomic E-state index is -0.895. The van der Waals surface area contributed by atoms with Crippen LogP contribution in [0.5, 0.6) is 5.75 Å². The third-order valence-corrected chi connectivity index (χ3v) is 7.79. The van der Waals surface area contributed by atoms with E-state index in [1.54, 1.807) is 30.0 Å². The Balaban J connectivity index is 1.34. The average molecular weight is 509 g/mol. The second-order valence-corrected chi connectivity index (χ2v) is 10.1. The van der Waals surface area contributed by atoms with Crippen molar-refractivity contribution in [2.24, 2.45) is 0 Å². The molecule has 2 aromatic rings. The first kappa shape index (κ1) is 24.6. The highest BCUT2D eigenvalue weighted by atomic mass is 32.1. The number of ether oxygens (including phenoxy) is 1. The van der Waals surface area contributed by atoms with Gasteiger partial charge in [0.05, 0.1) is 11.4 Å². The molecule has 1 aromatic heterocycles. The molecular weight excluding hydrogens is 479 g/mol. The van der Waals surface area contributed by atoms with Crippen LogP contribution >= 0.6 is 12.2 Å². The molecule has 1 aliphatic carbocycles. The zero-order chi connectivity index (χ0) is 25.4. The first-order valence-corrected chi connectivity index (χ1v) is 12.6. The maximum absolute atomic E-state index is 15.5. The van der Waals surface area contributed by atoms with Crippen LogP contribution in [0.2, 0.25) is 0 Å². The Kier molecular flexibility index (Phi) is 6.64. The zero-order valence-electron chi connectivity index (χ0n) is 20.5. The number of hydrogen-bond acceptors (Lipinski definition) is 6. The maximum atomic E-state index is 15.5. The van der Waals surface area contributed by atoms with E-state index in [0.29, 0.717) is 36.4 Å². The number of rotatable bonds is 6.